The number of rotatable bonds is 4. The molecule has 1 unspecified atom stereocenters. The minimum atomic E-state index is -0.227. The summed E-state index contributed by atoms with van der Waals surface area (Å²) < 4.78 is 0. The van der Waals surface area contributed by atoms with E-state index in [2.05, 4.69) is 18.7 Å². The van der Waals surface area contributed by atoms with Crippen molar-refractivity contribution in [2.45, 2.75) is 58.2 Å². The highest BCUT2D eigenvalue weighted by Gasteiger charge is 2.32. The van der Waals surface area contributed by atoms with Crippen molar-refractivity contribution < 1.29 is 9.59 Å². The number of hydrogen-bond donors (Lipinski definition) is 0. The number of carbonyl (C=O) groups is 2. The molecule has 2 aliphatic rings. The zero-order valence-electron chi connectivity index (χ0n) is 16.9. The summed E-state index contributed by atoms with van der Waals surface area (Å²) in [4.78, 5) is 31.2. The van der Waals surface area contributed by atoms with Crippen LogP contribution in [0.15, 0.2) is 30.5 Å². The molecule has 1 aromatic rings. The molecule has 2 amide bonds. The van der Waals surface area contributed by atoms with Crippen LogP contribution in [0, 0.1) is 0 Å². The lowest BCUT2D eigenvalue weighted by Crippen LogP contribution is -2.48. The standard InChI is InChI=1S/C22H31N3O2/c1-16(2)24-12-10-19(11-13-24)23(4)22(27)15-21-20-8-6-5-7-18(20)9-14-25(21)17(3)26/h5-9,14,16,19,21H,10-13,15H2,1-4H3. The third-order valence-electron chi connectivity index (χ3n) is 6.01. The van der Waals surface area contributed by atoms with Crippen LogP contribution in [0.3, 0.4) is 0 Å². The number of nitrogens with zero attached hydrogens (tertiary/aromatic N) is 3. The Bertz CT molecular complexity index is 720. The molecular formula is C22H31N3O2. The molecule has 0 aromatic heterocycles. The van der Waals surface area contributed by atoms with E-state index in [4.69, 9.17) is 0 Å². The van der Waals surface area contributed by atoms with Crippen molar-refractivity contribution in [1.29, 1.82) is 0 Å². The van der Waals surface area contributed by atoms with Gasteiger partial charge in [-0.3, -0.25) is 9.59 Å². The van der Waals surface area contributed by atoms with Crippen molar-refractivity contribution >= 4 is 17.9 Å². The molecule has 1 fully saturated rings. The molecule has 2 aliphatic heterocycles. The topological polar surface area (TPSA) is 43.9 Å². The van der Waals surface area contributed by atoms with E-state index in [9.17, 15) is 9.59 Å². The van der Waals surface area contributed by atoms with E-state index in [1.54, 1.807) is 11.8 Å². The second kappa shape index (κ2) is 8.26. The summed E-state index contributed by atoms with van der Waals surface area (Å²) in [6.07, 6.45) is 6.10. The number of amides is 2. The summed E-state index contributed by atoms with van der Waals surface area (Å²) in [5.41, 5.74) is 2.13. The minimum Gasteiger partial charge on any atom is -0.343 e. The zero-order valence-corrected chi connectivity index (χ0v) is 16.9. The Labute approximate surface area is 162 Å². The van der Waals surface area contributed by atoms with Crippen molar-refractivity contribution in [3.63, 3.8) is 0 Å². The van der Waals surface area contributed by atoms with Crippen LogP contribution in [0.25, 0.3) is 6.08 Å². The van der Waals surface area contributed by atoms with Gasteiger partial charge in [-0.05, 0) is 43.9 Å². The van der Waals surface area contributed by atoms with Crippen LogP contribution in [0.5, 0.6) is 0 Å². The maximum atomic E-state index is 13.1. The Balaban J connectivity index is 1.70. The third kappa shape index (κ3) is 4.24. The van der Waals surface area contributed by atoms with E-state index < -0.39 is 0 Å². The molecule has 0 bridgehead atoms. The largest absolute Gasteiger partial charge is 0.343 e. The van der Waals surface area contributed by atoms with Gasteiger partial charge >= 0.3 is 0 Å². The van der Waals surface area contributed by atoms with E-state index in [-0.39, 0.29) is 23.9 Å². The van der Waals surface area contributed by atoms with E-state index >= 15 is 0 Å². The Morgan fingerprint density at radius 1 is 1.19 bits per heavy atom. The summed E-state index contributed by atoms with van der Waals surface area (Å²) in [7, 11) is 1.92. The maximum Gasteiger partial charge on any atom is 0.225 e. The molecule has 146 valence electrons. The quantitative estimate of drug-likeness (QED) is 0.818. The Kier molecular flexibility index (Phi) is 6.00. The fraction of sp³-hybridized carbons (Fsp3) is 0.545. The molecule has 0 spiro atoms. The van der Waals surface area contributed by atoms with Crippen molar-refractivity contribution in [3.8, 4) is 0 Å². The van der Waals surface area contributed by atoms with Gasteiger partial charge in [-0.25, -0.2) is 0 Å². The number of piperidine rings is 1. The molecular weight excluding hydrogens is 338 g/mol. The monoisotopic (exact) mass is 369 g/mol. The van der Waals surface area contributed by atoms with E-state index in [1.807, 2.05) is 48.5 Å². The first-order chi connectivity index (χ1) is 12.9. The van der Waals surface area contributed by atoms with Gasteiger partial charge in [0.1, 0.15) is 0 Å². The van der Waals surface area contributed by atoms with Crippen molar-refractivity contribution in [3.05, 3.63) is 41.6 Å². The highest BCUT2D eigenvalue weighted by molar-refractivity contribution is 5.82. The number of likely N-dealkylation sites (tertiary alicyclic amines) is 1. The van der Waals surface area contributed by atoms with Gasteiger partial charge in [0.15, 0.2) is 0 Å². The van der Waals surface area contributed by atoms with Crippen molar-refractivity contribution in [1.82, 2.24) is 14.7 Å². The lowest BCUT2D eigenvalue weighted by molar-refractivity contribution is -0.136. The van der Waals surface area contributed by atoms with Gasteiger partial charge in [0.05, 0.1) is 12.5 Å². The van der Waals surface area contributed by atoms with Gasteiger partial charge in [0.25, 0.3) is 0 Å². The second-order valence-corrected chi connectivity index (χ2v) is 7.96. The van der Waals surface area contributed by atoms with Gasteiger partial charge in [0, 0.05) is 45.3 Å². The number of benzene rings is 1. The first-order valence-corrected chi connectivity index (χ1v) is 9.94. The van der Waals surface area contributed by atoms with Gasteiger partial charge in [0.2, 0.25) is 11.8 Å². The molecule has 0 saturated carbocycles. The molecule has 1 aromatic carbocycles. The van der Waals surface area contributed by atoms with Crippen LogP contribution >= 0.6 is 0 Å². The molecule has 0 aliphatic carbocycles. The molecule has 1 saturated heterocycles. The maximum absolute atomic E-state index is 13.1. The van der Waals surface area contributed by atoms with Crippen molar-refractivity contribution in [2.75, 3.05) is 20.1 Å². The molecule has 5 nitrogen and oxygen atoms in total. The number of hydrogen-bond acceptors (Lipinski definition) is 3. The lowest BCUT2D eigenvalue weighted by atomic mass is 9.93. The second-order valence-electron chi connectivity index (χ2n) is 7.96. The van der Waals surface area contributed by atoms with Gasteiger partial charge in [-0.1, -0.05) is 24.3 Å². The van der Waals surface area contributed by atoms with Crippen LogP contribution in [0.1, 0.15) is 57.2 Å². The van der Waals surface area contributed by atoms with Gasteiger partial charge in [-0.2, -0.15) is 0 Å². The Hall–Kier alpha value is -2.14. The summed E-state index contributed by atoms with van der Waals surface area (Å²) in [6, 6.07) is 8.63. The van der Waals surface area contributed by atoms with Crippen molar-refractivity contribution in [2.24, 2.45) is 0 Å². The molecule has 0 N–H and O–H groups in total. The summed E-state index contributed by atoms with van der Waals surface area (Å²) >= 11 is 0. The summed E-state index contributed by atoms with van der Waals surface area (Å²) in [5, 5.41) is 0. The molecule has 1 atom stereocenters. The average Bonchev–Trinajstić information content (AvgIpc) is 2.67. The number of fused-ring (bicyclic) bond motifs is 1. The van der Waals surface area contributed by atoms with Crippen LogP contribution in [-0.2, 0) is 9.59 Å². The van der Waals surface area contributed by atoms with Crippen LogP contribution < -0.4 is 0 Å². The van der Waals surface area contributed by atoms with Crippen LogP contribution in [0.4, 0.5) is 0 Å². The average molecular weight is 370 g/mol. The smallest absolute Gasteiger partial charge is 0.225 e. The first kappa shape index (κ1) is 19.6. The third-order valence-corrected chi connectivity index (χ3v) is 6.01. The van der Waals surface area contributed by atoms with E-state index in [0.717, 1.165) is 37.1 Å². The number of carbonyl (C=O) groups excluding carboxylic acids is 2. The Morgan fingerprint density at radius 2 is 1.85 bits per heavy atom. The molecule has 27 heavy (non-hydrogen) atoms. The molecule has 0 radical (unpaired) electrons. The Morgan fingerprint density at radius 3 is 2.48 bits per heavy atom. The normalized spacial score (nSPS) is 20.6. The zero-order chi connectivity index (χ0) is 19.6. The summed E-state index contributed by atoms with van der Waals surface area (Å²) in [6.45, 7) is 8.07. The fourth-order valence-corrected chi connectivity index (χ4v) is 4.22. The van der Waals surface area contributed by atoms with E-state index in [0.29, 0.717) is 12.5 Å². The SMILES string of the molecule is CC(=O)N1C=Cc2ccccc2C1CC(=O)N(C)C1CCN(C(C)C)CC1. The minimum absolute atomic E-state index is 0.0357. The lowest BCUT2D eigenvalue weighted by Gasteiger charge is -2.39. The molecule has 3 rings (SSSR count). The predicted molar refractivity (Wildman–Crippen MR) is 108 cm³/mol. The fourth-order valence-electron chi connectivity index (χ4n) is 4.22. The van der Waals surface area contributed by atoms with Gasteiger partial charge in [-0.15, -0.1) is 0 Å². The predicted octanol–water partition coefficient (Wildman–Crippen LogP) is 3.28. The highest BCUT2D eigenvalue weighted by atomic mass is 16.2. The highest BCUT2D eigenvalue weighted by Crippen LogP contribution is 2.33. The van der Waals surface area contributed by atoms with Crippen LogP contribution in [-0.4, -0.2) is 58.7 Å². The van der Waals surface area contributed by atoms with Gasteiger partial charge < -0.3 is 14.7 Å². The van der Waals surface area contributed by atoms with E-state index in [1.165, 1.54) is 0 Å². The molecule has 2 heterocycles. The van der Waals surface area contributed by atoms with Crippen LogP contribution in [0.2, 0.25) is 0 Å². The first-order valence-electron chi connectivity index (χ1n) is 9.94. The summed E-state index contributed by atoms with van der Waals surface area (Å²) in [5.74, 6) is 0.0748. The molecule has 5 heteroatoms.